The van der Waals surface area contributed by atoms with Crippen LogP contribution in [0.25, 0.3) is 0 Å². The van der Waals surface area contributed by atoms with Gasteiger partial charge in [0, 0.05) is 18.7 Å². The lowest BCUT2D eigenvalue weighted by atomic mass is 10.1. The maximum absolute atomic E-state index is 12.7. The first kappa shape index (κ1) is 16.6. The highest BCUT2D eigenvalue weighted by Crippen LogP contribution is 2.38. The second-order valence-electron chi connectivity index (χ2n) is 6.90. The molecule has 0 spiro atoms. The van der Waals surface area contributed by atoms with E-state index >= 15 is 0 Å². The van der Waals surface area contributed by atoms with Crippen LogP contribution in [-0.2, 0) is 16.0 Å². The van der Waals surface area contributed by atoms with Crippen LogP contribution in [0, 0.1) is 0 Å². The minimum Gasteiger partial charge on any atom is -0.344 e. The van der Waals surface area contributed by atoms with Gasteiger partial charge in [0.2, 0.25) is 11.8 Å². The Labute approximate surface area is 153 Å². The first-order valence-electron chi connectivity index (χ1n) is 9.27. The lowest BCUT2D eigenvalue weighted by Crippen LogP contribution is -2.42. The van der Waals surface area contributed by atoms with Crippen molar-refractivity contribution in [1.82, 2.24) is 5.32 Å². The van der Waals surface area contributed by atoms with Crippen molar-refractivity contribution in [2.24, 2.45) is 0 Å². The molecular weight excluding hydrogens is 326 g/mol. The van der Waals surface area contributed by atoms with E-state index in [9.17, 15) is 9.59 Å². The number of carbonyl (C=O) groups is 2. The predicted octanol–water partition coefficient (Wildman–Crippen LogP) is 3.38. The van der Waals surface area contributed by atoms with Crippen LogP contribution < -0.4 is 15.5 Å². The second-order valence-corrected chi connectivity index (χ2v) is 6.90. The van der Waals surface area contributed by atoms with Crippen molar-refractivity contribution in [1.29, 1.82) is 0 Å². The number of amides is 2. The van der Waals surface area contributed by atoms with E-state index in [-0.39, 0.29) is 11.8 Å². The van der Waals surface area contributed by atoms with E-state index in [1.54, 1.807) is 0 Å². The SMILES string of the molecule is O=C1CCCCC(C(=O)Nc2ccccc2N2CCc3ccccc32)N1. The van der Waals surface area contributed by atoms with Gasteiger partial charge in [-0.1, -0.05) is 36.8 Å². The number of carbonyl (C=O) groups excluding carboxylic acids is 2. The van der Waals surface area contributed by atoms with Crippen molar-refractivity contribution in [3.8, 4) is 0 Å². The van der Waals surface area contributed by atoms with Crippen molar-refractivity contribution in [2.75, 3.05) is 16.8 Å². The molecule has 1 atom stereocenters. The topological polar surface area (TPSA) is 61.4 Å². The van der Waals surface area contributed by atoms with Gasteiger partial charge in [0.05, 0.1) is 11.4 Å². The Kier molecular flexibility index (Phi) is 4.61. The molecule has 5 nitrogen and oxygen atoms in total. The molecule has 2 aliphatic rings. The molecule has 26 heavy (non-hydrogen) atoms. The van der Waals surface area contributed by atoms with E-state index in [1.165, 1.54) is 11.3 Å². The van der Waals surface area contributed by atoms with Crippen LogP contribution in [0.4, 0.5) is 17.1 Å². The Morgan fingerprint density at radius 3 is 2.65 bits per heavy atom. The van der Waals surface area contributed by atoms with Crippen LogP contribution >= 0.6 is 0 Å². The number of fused-ring (bicyclic) bond motifs is 1. The van der Waals surface area contributed by atoms with Gasteiger partial charge in [-0.2, -0.15) is 0 Å². The number of anilines is 3. The largest absolute Gasteiger partial charge is 0.344 e. The van der Waals surface area contributed by atoms with E-state index in [1.807, 2.05) is 30.3 Å². The molecule has 0 aliphatic carbocycles. The number of para-hydroxylation sites is 3. The first-order valence-corrected chi connectivity index (χ1v) is 9.27. The Bertz CT molecular complexity index is 834. The molecule has 1 saturated heterocycles. The summed E-state index contributed by atoms with van der Waals surface area (Å²) in [6.07, 6.45) is 3.92. The van der Waals surface area contributed by atoms with Crippen molar-refractivity contribution < 1.29 is 9.59 Å². The van der Waals surface area contributed by atoms with Crippen LogP contribution in [0.3, 0.4) is 0 Å². The maximum Gasteiger partial charge on any atom is 0.247 e. The Balaban J connectivity index is 1.57. The van der Waals surface area contributed by atoms with Gasteiger partial charge in [-0.15, -0.1) is 0 Å². The quantitative estimate of drug-likeness (QED) is 0.893. The third-order valence-electron chi connectivity index (χ3n) is 5.14. The molecule has 134 valence electrons. The molecule has 2 aromatic carbocycles. The number of nitrogens with one attached hydrogen (secondary N) is 2. The minimum atomic E-state index is -0.455. The van der Waals surface area contributed by atoms with Gasteiger partial charge in [0.1, 0.15) is 6.04 Å². The second kappa shape index (κ2) is 7.20. The molecule has 0 radical (unpaired) electrons. The summed E-state index contributed by atoms with van der Waals surface area (Å²) >= 11 is 0. The molecule has 0 bridgehead atoms. The fourth-order valence-corrected chi connectivity index (χ4v) is 3.79. The van der Waals surface area contributed by atoms with Gasteiger partial charge in [0.15, 0.2) is 0 Å². The number of benzene rings is 2. The van der Waals surface area contributed by atoms with E-state index in [4.69, 9.17) is 0 Å². The normalized spacial score (nSPS) is 19.5. The fraction of sp³-hybridized carbons (Fsp3) is 0.333. The molecule has 0 saturated carbocycles. The molecule has 0 aromatic heterocycles. The summed E-state index contributed by atoms with van der Waals surface area (Å²) in [5.41, 5.74) is 4.29. The van der Waals surface area contributed by atoms with Crippen molar-refractivity contribution >= 4 is 28.9 Å². The van der Waals surface area contributed by atoms with Crippen molar-refractivity contribution in [2.45, 2.75) is 38.1 Å². The van der Waals surface area contributed by atoms with E-state index in [0.29, 0.717) is 12.8 Å². The summed E-state index contributed by atoms with van der Waals surface area (Å²) in [5, 5.41) is 5.88. The van der Waals surface area contributed by atoms with Crippen molar-refractivity contribution in [3.63, 3.8) is 0 Å². The van der Waals surface area contributed by atoms with Crippen LogP contribution in [0.5, 0.6) is 0 Å². The number of rotatable bonds is 3. The molecule has 2 N–H and O–H groups in total. The summed E-state index contributed by atoms with van der Waals surface area (Å²) in [4.78, 5) is 26.7. The Morgan fingerprint density at radius 1 is 1.00 bits per heavy atom. The van der Waals surface area contributed by atoms with E-state index in [2.05, 4.69) is 33.7 Å². The van der Waals surface area contributed by atoms with Crippen LogP contribution in [0.15, 0.2) is 48.5 Å². The van der Waals surface area contributed by atoms with Crippen LogP contribution in [0.2, 0.25) is 0 Å². The molecule has 2 aromatic rings. The van der Waals surface area contributed by atoms with Gasteiger partial charge in [0.25, 0.3) is 0 Å². The minimum absolute atomic E-state index is 0.0376. The lowest BCUT2D eigenvalue weighted by molar-refractivity contribution is -0.125. The smallest absolute Gasteiger partial charge is 0.247 e. The number of hydrogen-bond acceptors (Lipinski definition) is 3. The van der Waals surface area contributed by atoms with Gasteiger partial charge in [-0.05, 0) is 43.0 Å². The molecule has 1 fully saturated rings. The van der Waals surface area contributed by atoms with E-state index in [0.717, 1.165) is 37.2 Å². The summed E-state index contributed by atoms with van der Waals surface area (Å²) < 4.78 is 0. The molecule has 5 heteroatoms. The Morgan fingerprint density at radius 2 is 1.77 bits per heavy atom. The molecule has 1 unspecified atom stereocenters. The third kappa shape index (κ3) is 3.29. The number of nitrogens with zero attached hydrogens (tertiary/aromatic N) is 1. The maximum atomic E-state index is 12.7. The fourth-order valence-electron chi connectivity index (χ4n) is 3.79. The average molecular weight is 349 g/mol. The third-order valence-corrected chi connectivity index (χ3v) is 5.14. The highest BCUT2D eigenvalue weighted by molar-refractivity contribution is 6.00. The standard InChI is InChI=1S/C21H23N3O2/c25-20-12-6-3-9-17(22-20)21(26)23-16-8-2-5-11-19(16)24-14-13-15-7-1-4-10-18(15)24/h1-2,4-5,7-8,10-11,17H,3,6,9,12-14H2,(H,22,25)(H,23,26). The molecule has 2 amide bonds. The monoisotopic (exact) mass is 349 g/mol. The Hall–Kier alpha value is -2.82. The zero-order chi connectivity index (χ0) is 17.9. The van der Waals surface area contributed by atoms with Gasteiger partial charge < -0.3 is 15.5 Å². The summed E-state index contributed by atoms with van der Waals surface area (Å²) in [5.74, 6) is -0.176. The first-order chi connectivity index (χ1) is 12.7. The zero-order valence-electron chi connectivity index (χ0n) is 14.7. The van der Waals surface area contributed by atoms with Gasteiger partial charge in [-0.3, -0.25) is 9.59 Å². The molecule has 2 heterocycles. The molecule has 4 rings (SSSR count). The van der Waals surface area contributed by atoms with Gasteiger partial charge >= 0.3 is 0 Å². The van der Waals surface area contributed by atoms with Crippen LogP contribution in [-0.4, -0.2) is 24.4 Å². The van der Waals surface area contributed by atoms with Gasteiger partial charge in [-0.25, -0.2) is 0 Å². The van der Waals surface area contributed by atoms with Crippen molar-refractivity contribution in [3.05, 3.63) is 54.1 Å². The summed E-state index contributed by atoms with van der Waals surface area (Å²) in [6.45, 7) is 0.895. The highest BCUT2D eigenvalue weighted by atomic mass is 16.2. The summed E-state index contributed by atoms with van der Waals surface area (Å²) in [7, 11) is 0. The number of hydrogen-bond donors (Lipinski definition) is 2. The summed E-state index contributed by atoms with van der Waals surface area (Å²) in [6, 6.07) is 15.8. The van der Waals surface area contributed by atoms with Crippen LogP contribution in [0.1, 0.15) is 31.2 Å². The zero-order valence-corrected chi connectivity index (χ0v) is 14.7. The predicted molar refractivity (Wildman–Crippen MR) is 103 cm³/mol. The van der Waals surface area contributed by atoms with E-state index < -0.39 is 6.04 Å². The lowest BCUT2D eigenvalue weighted by Gasteiger charge is -2.24. The molecule has 2 aliphatic heterocycles. The molecular formula is C21H23N3O2. The average Bonchev–Trinajstić information content (AvgIpc) is 2.96. The highest BCUT2D eigenvalue weighted by Gasteiger charge is 2.26.